The molecule has 0 unspecified atom stereocenters. The van der Waals surface area contributed by atoms with Crippen LogP contribution in [0.3, 0.4) is 0 Å². The number of carbonyl (C=O) groups excluding carboxylic acids is 1. The lowest BCUT2D eigenvalue weighted by molar-refractivity contribution is -0.119. The van der Waals surface area contributed by atoms with E-state index in [1.54, 1.807) is 18.2 Å². The Kier molecular flexibility index (Phi) is 6.48. The van der Waals surface area contributed by atoms with Gasteiger partial charge in [0, 0.05) is 6.04 Å². The van der Waals surface area contributed by atoms with Crippen molar-refractivity contribution in [1.82, 2.24) is 15.5 Å². The summed E-state index contributed by atoms with van der Waals surface area (Å²) in [6, 6.07) is 6.67. The second kappa shape index (κ2) is 8.81. The van der Waals surface area contributed by atoms with Crippen molar-refractivity contribution in [3.63, 3.8) is 0 Å². The normalized spacial score (nSPS) is 22.8. The van der Waals surface area contributed by atoms with Crippen molar-refractivity contribution in [3.8, 4) is 0 Å². The second-order valence-electron chi connectivity index (χ2n) is 6.71. The molecule has 0 saturated heterocycles. The van der Waals surface area contributed by atoms with Crippen LogP contribution in [0.4, 0.5) is 15.2 Å². The molecule has 1 saturated carbocycles. The minimum absolute atomic E-state index is 0.0276. The fourth-order valence-corrected chi connectivity index (χ4v) is 4.73. The molecule has 1 amide bonds. The zero-order valence-electron chi connectivity index (χ0n) is 14.9. The Morgan fingerprint density at radius 1 is 1.31 bits per heavy atom. The van der Waals surface area contributed by atoms with E-state index in [4.69, 9.17) is 0 Å². The number of thioether (sulfide) groups is 1. The summed E-state index contributed by atoms with van der Waals surface area (Å²) >= 11 is 2.66. The van der Waals surface area contributed by atoms with Gasteiger partial charge in [-0.2, -0.15) is 0 Å². The Morgan fingerprint density at radius 2 is 2.12 bits per heavy atom. The van der Waals surface area contributed by atoms with Crippen LogP contribution in [0.1, 0.15) is 33.1 Å². The van der Waals surface area contributed by atoms with E-state index < -0.39 is 0 Å². The van der Waals surface area contributed by atoms with Crippen LogP contribution in [-0.2, 0) is 4.79 Å². The van der Waals surface area contributed by atoms with Gasteiger partial charge in [0.15, 0.2) is 4.34 Å². The van der Waals surface area contributed by atoms with Crippen LogP contribution in [0, 0.1) is 17.7 Å². The van der Waals surface area contributed by atoms with Crippen molar-refractivity contribution in [2.75, 3.05) is 11.1 Å². The Morgan fingerprint density at radius 3 is 2.92 bits per heavy atom. The van der Waals surface area contributed by atoms with Crippen LogP contribution in [0.15, 0.2) is 28.6 Å². The number of hydrogen-bond acceptors (Lipinski definition) is 6. The van der Waals surface area contributed by atoms with Gasteiger partial charge in [-0.3, -0.25) is 4.79 Å². The van der Waals surface area contributed by atoms with Crippen molar-refractivity contribution in [2.45, 2.75) is 43.5 Å². The average Bonchev–Trinajstić information content (AvgIpc) is 3.07. The van der Waals surface area contributed by atoms with Gasteiger partial charge in [0.2, 0.25) is 11.0 Å². The fraction of sp³-hybridized carbons (Fsp3) is 0.500. The summed E-state index contributed by atoms with van der Waals surface area (Å²) in [5.41, 5.74) is 0.360. The van der Waals surface area contributed by atoms with E-state index in [0.717, 1.165) is 6.42 Å². The predicted octanol–water partition coefficient (Wildman–Crippen LogP) is 4.45. The van der Waals surface area contributed by atoms with Gasteiger partial charge in [0.05, 0.1) is 11.4 Å². The van der Waals surface area contributed by atoms with Crippen LogP contribution in [0.25, 0.3) is 0 Å². The molecule has 3 atom stereocenters. The minimum Gasteiger partial charge on any atom is -0.352 e. The molecule has 2 aromatic rings. The van der Waals surface area contributed by atoms with Gasteiger partial charge in [0.1, 0.15) is 5.82 Å². The summed E-state index contributed by atoms with van der Waals surface area (Å²) < 4.78 is 14.3. The number of benzene rings is 1. The molecule has 2 N–H and O–H groups in total. The quantitative estimate of drug-likeness (QED) is 0.709. The van der Waals surface area contributed by atoms with Gasteiger partial charge in [-0.05, 0) is 30.4 Å². The first-order valence-electron chi connectivity index (χ1n) is 8.80. The number of para-hydroxylation sites is 1. The molecule has 1 fully saturated rings. The van der Waals surface area contributed by atoms with Crippen molar-refractivity contribution in [1.29, 1.82) is 0 Å². The van der Waals surface area contributed by atoms with Crippen LogP contribution in [0.5, 0.6) is 0 Å². The highest BCUT2D eigenvalue weighted by Gasteiger charge is 2.28. The Bertz CT molecular complexity index is 754. The van der Waals surface area contributed by atoms with Crippen molar-refractivity contribution in [3.05, 3.63) is 30.1 Å². The average molecular weight is 395 g/mol. The topological polar surface area (TPSA) is 66.9 Å². The monoisotopic (exact) mass is 394 g/mol. The van der Waals surface area contributed by atoms with Crippen molar-refractivity contribution in [2.24, 2.45) is 11.8 Å². The summed E-state index contributed by atoms with van der Waals surface area (Å²) in [5, 5.41) is 14.6. The molecule has 26 heavy (non-hydrogen) atoms. The van der Waals surface area contributed by atoms with E-state index in [0.29, 0.717) is 32.7 Å². The number of nitrogens with one attached hydrogen (secondary N) is 2. The summed E-state index contributed by atoms with van der Waals surface area (Å²) in [7, 11) is 0. The number of amides is 1. The molecule has 0 aliphatic heterocycles. The fourth-order valence-electron chi connectivity index (χ4n) is 3.16. The molecule has 3 rings (SSSR count). The summed E-state index contributed by atoms with van der Waals surface area (Å²) in [5.74, 6) is 1.16. The summed E-state index contributed by atoms with van der Waals surface area (Å²) in [4.78, 5) is 12.2. The lowest BCUT2D eigenvalue weighted by Crippen LogP contribution is -2.44. The molecular formula is C18H23FN4OS2. The standard InChI is InChI=1S/C18H23FN4OS2/c1-11-6-5-9-14(12(11)2)20-16(24)10-25-18-23-22-17(26-18)21-15-8-4-3-7-13(15)19/h3-4,7-8,11-12,14H,5-6,9-10H2,1-2H3,(H,20,24)(H,21,22)/t11-,12+,14-/m0/s1. The molecular weight excluding hydrogens is 371 g/mol. The van der Waals surface area contributed by atoms with Gasteiger partial charge in [-0.15, -0.1) is 10.2 Å². The predicted molar refractivity (Wildman–Crippen MR) is 104 cm³/mol. The molecule has 1 aliphatic carbocycles. The molecule has 8 heteroatoms. The molecule has 0 bridgehead atoms. The third-order valence-electron chi connectivity index (χ3n) is 4.90. The Balaban J connectivity index is 1.48. The van der Waals surface area contributed by atoms with E-state index in [2.05, 4.69) is 34.7 Å². The largest absolute Gasteiger partial charge is 0.352 e. The number of rotatable bonds is 6. The maximum absolute atomic E-state index is 13.7. The summed E-state index contributed by atoms with van der Waals surface area (Å²) in [6.07, 6.45) is 3.47. The highest BCUT2D eigenvalue weighted by atomic mass is 32.2. The SMILES string of the molecule is C[C@H]1[C@@H](NC(=O)CSc2nnc(Nc3ccccc3F)s2)CCC[C@@H]1C. The van der Waals surface area contributed by atoms with Crippen molar-refractivity contribution >= 4 is 39.8 Å². The lowest BCUT2D eigenvalue weighted by Gasteiger charge is -2.34. The van der Waals surface area contributed by atoms with E-state index >= 15 is 0 Å². The van der Waals surface area contributed by atoms with Crippen LogP contribution >= 0.6 is 23.1 Å². The molecule has 5 nitrogen and oxygen atoms in total. The molecule has 1 aromatic heterocycles. The molecule has 0 radical (unpaired) electrons. The summed E-state index contributed by atoms with van der Waals surface area (Å²) in [6.45, 7) is 4.47. The zero-order chi connectivity index (χ0) is 18.5. The molecule has 0 spiro atoms. The first-order valence-corrected chi connectivity index (χ1v) is 10.6. The first kappa shape index (κ1) is 19.1. The number of carbonyl (C=O) groups is 1. The van der Waals surface area contributed by atoms with Gasteiger partial charge in [0.25, 0.3) is 0 Å². The number of aromatic nitrogens is 2. The number of halogens is 1. The first-order chi connectivity index (χ1) is 12.5. The third-order valence-corrected chi connectivity index (χ3v) is 6.87. The van der Waals surface area contributed by atoms with E-state index in [1.807, 2.05) is 0 Å². The van der Waals surface area contributed by atoms with Crippen LogP contribution in [-0.4, -0.2) is 27.9 Å². The zero-order valence-corrected chi connectivity index (χ0v) is 16.5. The van der Waals surface area contributed by atoms with Gasteiger partial charge >= 0.3 is 0 Å². The van der Waals surface area contributed by atoms with Gasteiger partial charge in [-0.25, -0.2) is 4.39 Å². The Labute approximate surface area is 161 Å². The van der Waals surface area contributed by atoms with E-state index in [-0.39, 0.29) is 17.8 Å². The van der Waals surface area contributed by atoms with Gasteiger partial charge < -0.3 is 10.6 Å². The highest BCUT2D eigenvalue weighted by Crippen LogP contribution is 2.30. The maximum atomic E-state index is 13.7. The van der Waals surface area contributed by atoms with Crippen LogP contribution in [0.2, 0.25) is 0 Å². The molecule has 1 heterocycles. The van der Waals surface area contributed by atoms with Gasteiger partial charge in [-0.1, -0.05) is 61.9 Å². The number of nitrogens with zero attached hydrogens (tertiary/aromatic N) is 2. The molecule has 1 aliphatic rings. The lowest BCUT2D eigenvalue weighted by atomic mass is 9.78. The van der Waals surface area contributed by atoms with E-state index in [1.165, 1.54) is 42.0 Å². The van der Waals surface area contributed by atoms with Crippen LogP contribution < -0.4 is 10.6 Å². The van der Waals surface area contributed by atoms with E-state index in [9.17, 15) is 9.18 Å². The second-order valence-corrected chi connectivity index (χ2v) is 8.91. The number of hydrogen-bond donors (Lipinski definition) is 2. The third kappa shape index (κ3) is 4.94. The van der Waals surface area contributed by atoms with Crippen molar-refractivity contribution < 1.29 is 9.18 Å². The molecule has 140 valence electrons. The minimum atomic E-state index is -0.341. The molecule has 1 aromatic carbocycles. The highest BCUT2D eigenvalue weighted by molar-refractivity contribution is 8.01. The smallest absolute Gasteiger partial charge is 0.230 e. The number of anilines is 2. The Hall–Kier alpha value is -1.67. The maximum Gasteiger partial charge on any atom is 0.230 e.